The maximum atomic E-state index is 11.0. The van der Waals surface area contributed by atoms with Crippen molar-refractivity contribution in [2.45, 2.75) is 33.7 Å². The Kier molecular flexibility index (Phi) is 3.92. The van der Waals surface area contributed by atoms with Crippen LogP contribution in [0.1, 0.15) is 31.0 Å². The molecule has 0 bridgehead atoms. The molecule has 24 heavy (non-hydrogen) atoms. The predicted molar refractivity (Wildman–Crippen MR) is 90.6 cm³/mol. The summed E-state index contributed by atoms with van der Waals surface area (Å²) in [6.45, 7) is 7.72. The molecule has 0 fully saturated rings. The molecule has 0 aliphatic rings. The van der Waals surface area contributed by atoms with Gasteiger partial charge in [-0.2, -0.15) is 0 Å². The summed E-state index contributed by atoms with van der Waals surface area (Å²) in [4.78, 5) is 19.1. The average Bonchev–Trinajstić information content (AvgIpc) is 2.95. The summed E-state index contributed by atoms with van der Waals surface area (Å²) in [7, 11) is 0. The molecular formula is C17H18N4O3. The largest absolute Gasteiger partial charge is 0.438 e. The first-order valence-corrected chi connectivity index (χ1v) is 7.63. The zero-order valence-corrected chi connectivity index (χ0v) is 14.0. The number of rotatable bonds is 4. The van der Waals surface area contributed by atoms with Crippen LogP contribution >= 0.6 is 0 Å². The standard InChI is InChI=1S/C17H18N4O3/c1-10(2)20-6-5-14-16(20)18-9-19-17(14)24-15-11(3)7-13(21(22)23)8-12(15)4/h5-10H,1-4H3. The van der Waals surface area contributed by atoms with Crippen LogP contribution in [-0.4, -0.2) is 19.5 Å². The Balaban J connectivity index is 2.06. The molecule has 3 rings (SSSR count). The van der Waals surface area contributed by atoms with Crippen molar-refractivity contribution >= 4 is 16.7 Å². The highest BCUT2D eigenvalue weighted by Gasteiger charge is 2.17. The first-order chi connectivity index (χ1) is 11.4. The molecule has 0 unspecified atom stereocenters. The molecule has 7 nitrogen and oxygen atoms in total. The second kappa shape index (κ2) is 5.92. The third kappa shape index (κ3) is 2.68. The fourth-order valence-corrected chi connectivity index (χ4v) is 2.74. The summed E-state index contributed by atoms with van der Waals surface area (Å²) in [6.07, 6.45) is 3.42. The van der Waals surface area contributed by atoms with Gasteiger partial charge in [0.15, 0.2) is 0 Å². The Hall–Kier alpha value is -2.96. The summed E-state index contributed by atoms with van der Waals surface area (Å²) in [6, 6.07) is 5.19. The van der Waals surface area contributed by atoms with Crippen molar-refractivity contribution in [3.05, 3.63) is 52.0 Å². The van der Waals surface area contributed by atoms with Crippen molar-refractivity contribution in [1.82, 2.24) is 14.5 Å². The number of ether oxygens (including phenoxy) is 1. The molecule has 0 aliphatic carbocycles. The second-order valence-corrected chi connectivity index (χ2v) is 6.00. The maximum Gasteiger partial charge on any atom is 0.270 e. The molecule has 1 aromatic carbocycles. The van der Waals surface area contributed by atoms with E-state index < -0.39 is 4.92 Å². The molecule has 0 amide bonds. The topological polar surface area (TPSA) is 83.1 Å². The smallest absolute Gasteiger partial charge is 0.270 e. The van der Waals surface area contributed by atoms with Crippen molar-refractivity contribution in [3.63, 3.8) is 0 Å². The van der Waals surface area contributed by atoms with Crippen LogP contribution in [0, 0.1) is 24.0 Å². The Labute approximate surface area is 139 Å². The lowest BCUT2D eigenvalue weighted by Gasteiger charge is -2.12. The number of aromatic nitrogens is 3. The van der Waals surface area contributed by atoms with Crippen molar-refractivity contribution in [3.8, 4) is 11.6 Å². The fraction of sp³-hybridized carbons (Fsp3) is 0.294. The molecule has 0 aliphatic heterocycles. The molecule has 3 aromatic rings. The molecule has 2 aromatic heterocycles. The van der Waals surface area contributed by atoms with Crippen molar-refractivity contribution in [2.24, 2.45) is 0 Å². The lowest BCUT2D eigenvalue weighted by Crippen LogP contribution is -2.01. The third-order valence-corrected chi connectivity index (χ3v) is 3.88. The second-order valence-electron chi connectivity index (χ2n) is 6.00. The summed E-state index contributed by atoms with van der Waals surface area (Å²) in [5.74, 6) is 1.03. The summed E-state index contributed by atoms with van der Waals surface area (Å²) >= 11 is 0. The van der Waals surface area contributed by atoms with Gasteiger partial charge in [-0.05, 0) is 44.9 Å². The van der Waals surface area contributed by atoms with E-state index in [-0.39, 0.29) is 11.7 Å². The minimum atomic E-state index is -0.407. The molecule has 0 N–H and O–H groups in total. The minimum Gasteiger partial charge on any atom is -0.438 e. The van der Waals surface area contributed by atoms with Gasteiger partial charge in [0, 0.05) is 24.4 Å². The predicted octanol–water partition coefficient (Wildman–Crippen LogP) is 4.33. The average molecular weight is 326 g/mol. The molecule has 0 saturated heterocycles. The van der Waals surface area contributed by atoms with Crippen LogP contribution in [0.15, 0.2) is 30.7 Å². The number of benzene rings is 1. The van der Waals surface area contributed by atoms with Gasteiger partial charge < -0.3 is 9.30 Å². The fourth-order valence-electron chi connectivity index (χ4n) is 2.74. The lowest BCUT2D eigenvalue weighted by atomic mass is 10.1. The normalized spacial score (nSPS) is 11.2. The van der Waals surface area contributed by atoms with E-state index in [2.05, 4.69) is 23.8 Å². The van der Waals surface area contributed by atoms with E-state index in [0.717, 1.165) is 11.0 Å². The van der Waals surface area contributed by atoms with Gasteiger partial charge in [0.25, 0.3) is 5.69 Å². The molecule has 0 radical (unpaired) electrons. The van der Waals surface area contributed by atoms with E-state index in [1.807, 2.05) is 16.8 Å². The van der Waals surface area contributed by atoms with Gasteiger partial charge in [-0.3, -0.25) is 10.1 Å². The van der Waals surface area contributed by atoms with E-state index in [1.54, 1.807) is 13.8 Å². The highest BCUT2D eigenvalue weighted by Crippen LogP contribution is 2.34. The van der Waals surface area contributed by atoms with Crippen LogP contribution in [0.5, 0.6) is 11.6 Å². The zero-order valence-electron chi connectivity index (χ0n) is 14.0. The molecular weight excluding hydrogens is 308 g/mol. The number of nitrogens with zero attached hydrogens (tertiary/aromatic N) is 4. The van der Waals surface area contributed by atoms with Crippen LogP contribution in [0.3, 0.4) is 0 Å². The molecule has 0 spiro atoms. The number of hydrogen-bond donors (Lipinski definition) is 0. The van der Waals surface area contributed by atoms with E-state index in [0.29, 0.717) is 22.8 Å². The van der Waals surface area contributed by atoms with E-state index in [1.165, 1.54) is 18.5 Å². The first kappa shape index (κ1) is 15.9. The van der Waals surface area contributed by atoms with Crippen molar-refractivity contribution < 1.29 is 9.66 Å². The summed E-state index contributed by atoms with van der Waals surface area (Å²) in [5.41, 5.74) is 2.23. The van der Waals surface area contributed by atoms with Crippen LogP contribution in [0.25, 0.3) is 11.0 Å². The van der Waals surface area contributed by atoms with E-state index in [4.69, 9.17) is 4.74 Å². The molecule has 7 heteroatoms. The maximum absolute atomic E-state index is 11.0. The van der Waals surface area contributed by atoms with E-state index in [9.17, 15) is 10.1 Å². The van der Waals surface area contributed by atoms with Crippen molar-refractivity contribution in [1.29, 1.82) is 0 Å². The van der Waals surface area contributed by atoms with Gasteiger partial charge in [-0.1, -0.05) is 0 Å². The Bertz CT molecular complexity index is 908. The van der Waals surface area contributed by atoms with Gasteiger partial charge in [0.05, 0.1) is 10.3 Å². The van der Waals surface area contributed by atoms with Gasteiger partial charge in [0.2, 0.25) is 5.88 Å². The minimum absolute atomic E-state index is 0.0520. The van der Waals surface area contributed by atoms with Crippen LogP contribution < -0.4 is 4.74 Å². The number of hydrogen-bond acceptors (Lipinski definition) is 5. The first-order valence-electron chi connectivity index (χ1n) is 7.63. The van der Waals surface area contributed by atoms with Gasteiger partial charge in [-0.15, -0.1) is 0 Å². The SMILES string of the molecule is Cc1cc([N+](=O)[O-])cc(C)c1Oc1ncnc2c1ccn2C(C)C. The summed E-state index contributed by atoms with van der Waals surface area (Å²) in [5, 5.41) is 11.8. The van der Waals surface area contributed by atoms with Gasteiger partial charge in [0.1, 0.15) is 17.7 Å². The molecule has 2 heterocycles. The highest BCUT2D eigenvalue weighted by atomic mass is 16.6. The molecule has 124 valence electrons. The monoisotopic (exact) mass is 326 g/mol. The zero-order chi connectivity index (χ0) is 17.4. The number of aryl methyl sites for hydroxylation is 2. The van der Waals surface area contributed by atoms with Gasteiger partial charge in [-0.25, -0.2) is 9.97 Å². The lowest BCUT2D eigenvalue weighted by molar-refractivity contribution is -0.385. The number of fused-ring (bicyclic) bond motifs is 1. The number of nitro groups is 1. The quantitative estimate of drug-likeness (QED) is 0.526. The molecule has 0 atom stereocenters. The third-order valence-electron chi connectivity index (χ3n) is 3.88. The highest BCUT2D eigenvalue weighted by molar-refractivity contribution is 5.81. The number of nitro benzene ring substituents is 1. The van der Waals surface area contributed by atoms with Crippen LogP contribution in [0.4, 0.5) is 5.69 Å². The van der Waals surface area contributed by atoms with Crippen LogP contribution in [-0.2, 0) is 0 Å². The van der Waals surface area contributed by atoms with Crippen LogP contribution in [0.2, 0.25) is 0 Å². The Morgan fingerprint density at radius 1 is 1.21 bits per heavy atom. The van der Waals surface area contributed by atoms with Gasteiger partial charge >= 0.3 is 0 Å². The Morgan fingerprint density at radius 3 is 2.46 bits per heavy atom. The Morgan fingerprint density at radius 2 is 1.88 bits per heavy atom. The molecule has 0 saturated carbocycles. The summed E-state index contributed by atoms with van der Waals surface area (Å²) < 4.78 is 8.04. The number of non-ortho nitro benzene ring substituents is 1. The van der Waals surface area contributed by atoms with Crippen molar-refractivity contribution in [2.75, 3.05) is 0 Å². The van der Waals surface area contributed by atoms with E-state index >= 15 is 0 Å².